The van der Waals surface area contributed by atoms with Crippen molar-refractivity contribution in [1.29, 1.82) is 0 Å². The fourth-order valence-corrected chi connectivity index (χ4v) is 4.35. The van der Waals surface area contributed by atoms with Crippen molar-refractivity contribution in [2.45, 2.75) is 27.3 Å². The van der Waals surface area contributed by atoms with Crippen LogP contribution in [-0.2, 0) is 16.1 Å². The van der Waals surface area contributed by atoms with Crippen LogP contribution in [0.2, 0.25) is 15.1 Å². The first-order valence-corrected chi connectivity index (χ1v) is 11.7. The molecule has 0 spiro atoms. The van der Waals surface area contributed by atoms with E-state index in [1.54, 1.807) is 55.5 Å². The molecule has 3 rings (SSSR count). The second-order valence-electron chi connectivity index (χ2n) is 7.63. The molecular formula is C26H24Cl3NO4. The van der Waals surface area contributed by atoms with Gasteiger partial charge in [-0.2, -0.15) is 0 Å². The van der Waals surface area contributed by atoms with Gasteiger partial charge in [-0.05, 0) is 74.4 Å². The number of aryl methyl sites for hydroxylation is 2. The van der Waals surface area contributed by atoms with E-state index in [4.69, 9.17) is 44.3 Å². The van der Waals surface area contributed by atoms with E-state index >= 15 is 0 Å². The van der Waals surface area contributed by atoms with Crippen LogP contribution in [0.5, 0.6) is 5.75 Å². The lowest BCUT2D eigenvalue weighted by Crippen LogP contribution is -2.35. The monoisotopic (exact) mass is 519 g/mol. The zero-order chi connectivity index (χ0) is 24.8. The highest BCUT2D eigenvalue weighted by molar-refractivity contribution is 6.36. The maximum absolute atomic E-state index is 13.3. The normalized spacial score (nSPS) is 10.6. The molecule has 0 aliphatic carbocycles. The van der Waals surface area contributed by atoms with Gasteiger partial charge in [0.25, 0.3) is 5.91 Å². The van der Waals surface area contributed by atoms with Crippen LogP contribution in [0.3, 0.4) is 0 Å². The van der Waals surface area contributed by atoms with Gasteiger partial charge in [-0.15, -0.1) is 0 Å². The molecule has 0 aliphatic heterocycles. The fourth-order valence-electron chi connectivity index (χ4n) is 3.45. The molecule has 0 N–H and O–H groups in total. The van der Waals surface area contributed by atoms with Gasteiger partial charge in [0.1, 0.15) is 5.75 Å². The molecule has 5 nitrogen and oxygen atoms in total. The zero-order valence-corrected chi connectivity index (χ0v) is 21.3. The highest BCUT2D eigenvalue weighted by Gasteiger charge is 2.21. The summed E-state index contributed by atoms with van der Waals surface area (Å²) in [5.74, 6) is -0.321. The van der Waals surface area contributed by atoms with Crippen LogP contribution in [0.15, 0.2) is 54.6 Å². The fraction of sp³-hybridized carbons (Fsp3) is 0.231. The summed E-state index contributed by atoms with van der Waals surface area (Å²) >= 11 is 19.1. The number of carbonyl (C=O) groups excluding carboxylic acids is 2. The van der Waals surface area contributed by atoms with Crippen LogP contribution < -0.4 is 9.64 Å². The second kappa shape index (κ2) is 11.6. The number of hydrogen-bond donors (Lipinski definition) is 0. The molecule has 0 atom stereocenters. The molecule has 0 saturated carbocycles. The minimum Gasteiger partial charge on any atom is -0.482 e. The van der Waals surface area contributed by atoms with Crippen LogP contribution >= 0.6 is 34.8 Å². The molecule has 0 radical (unpaired) electrons. The summed E-state index contributed by atoms with van der Waals surface area (Å²) in [5, 5.41) is 1.31. The Kier molecular flexibility index (Phi) is 8.84. The molecule has 3 aromatic rings. The predicted molar refractivity (Wildman–Crippen MR) is 136 cm³/mol. The van der Waals surface area contributed by atoms with Crippen molar-refractivity contribution in [2.75, 3.05) is 18.1 Å². The number of rotatable bonds is 8. The average Bonchev–Trinajstić information content (AvgIpc) is 2.78. The Balaban J connectivity index is 1.90. The van der Waals surface area contributed by atoms with Crippen LogP contribution in [0, 0.1) is 13.8 Å². The minimum absolute atomic E-state index is 0.111. The molecular weight excluding hydrogens is 497 g/mol. The van der Waals surface area contributed by atoms with Gasteiger partial charge in [-0.25, -0.2) is 4.79 Å². The number of benzene rings is 3. The van der Waals surface area contributed by atoms with Crippen molar-refractivity contribution < 1.29 is 19.1 Å². The molecule has 3 aromatic carbocycles. The van der Waals surface area contributed by atoms with E-state index in [1.165, 1.54) is 4.90 Å². The van der Waals surface area contributed by atoms with E-state index in [0.717, 1.165) is 11.1 Å². The average molecular weight is 521 g/mol. The van der Waals surface area contributed by atoms with Crippen molar-refractivity contribution in [1.82, 2.24) is 0 Å². The highest BCUT2D eigenvalue weighted by Crippen LogP contribution is 2.31. The van der Waals surface area contributed by atoms with Gasteiger partial charge in [0.2, 0.25) is 0 Å². The SMILES string of the molecule is CCOC(=O)c1ccc(N(Cc2c(Cl)cccc2Cl)C(=O)COc2c(C)cc(C)cc2Cl)cc1. The summed E-state index contributed by atoms with van der Waals surface area (Å²) < 4.78 is 10.8. The van der Waals surface area contributed by atoms with Gasteiger partial charge in [0, 0.05) is 21.3 Å². The third-order valence-electron chi connectivity index (χ3n) is 5.08. The lowest BCUT2D eigenvalue weighted by Gasteiger charge is -2.25. The van der Waals surface area contributed by atoms with Gasteiger partial charge < -0.3 is 14.4 Å². The number of hydrogen-bond acceptors (Lipinski definition) is 4. The Labute approximate surface area is 214 Å². The first kappa shape index (κ1) is 25.9. The van der Waals surface area contributed by atoms with Crippen LogP contribution in [0.1, 0.15) is 34.0 Å². The molecule has 0 aromatic heterocycles. The van der Waals surface area contributed by atoms with E-state index in [2.05, 4.69) is 0 Å². The summed E-state index contributed by atoms with van der Waals surface area (Å²) in [4.78, 5) is 26.9. The topological polar surface area (TPSA) is 55.8 Å². The lowest BCUT2D eigenvalue weighted by molar-refractivity contribution is -0.120. The maximum Gasteiger partial charge on any atom is 0.338 e. The molecule has 0 bridgehead atoms. The summed E-state index contributed by atoms with van der Waals surface area (Å²) in [6.45, 7) is 5.67. The van der Waals surface area contributed by atoms with Gasteiger partial charge in [-0.3, -0.25) is 4.79 Å². The standard InChI is InChI=1S/C26H24Cl3NO4/c1-4-33-26(32)18-8-10-19(11-9-18)30(14-20-21(27)6-5-7-22(20)28)24(31)15-34-25-17(3)12-16(2)13-23(25)29/h5-13H,4,14-15H2,1-3H3. The third kappa shape index (κ3) is 6.23. The number of ether oxygens (including phenoxy) is 2. The Hall–Kier alpha value is -2.73. The molecule has 178 valence electrons. The Morgan fingerprint density at radius 2 is 1.56 bits per heavy atom. The van der Waals surface area contributed by atoms with E-state index < -0.39 is 5.97 Å². The van der Waals surface area contributed by atoms with E-state index in [9.17, 15) is 9.59 Å². The second-order valence-corrected chi connectivity index (χ2v) is 8.85. The minimum atomic E-state index is -0.436. The number of anilines is 1. The van der Waals surface area contributed by atoms with Crippen molar-refractivity contribution in [2.24, 2.45) is 0 Å². The van der Waals surface area contributed by atoms with Crippen LogP contribution in [0.25, 0.3) is 0 Å². The Morgan fingerprint density at radius 1 is 0.912 bits per heavy atom. The predicted octanol–water partition coefficient (Wildman–Crippen LogP) is 7.05. The van der Waals surface area contributed by atoms with Crippen molar-refractivity contribution in [3.63, 3.8) is 0 Å². The molecule has 1 amide bonds. The molecule has 0 aliphatic rings. The maximum atomic E-state index is 13.3. The summed E-state index contributed by atoms with van der Waals surface area (Å²) in [6.07, 6.45) is 0. The smallest absolute Gasteiger partial charge is 0.338 e. The van der Waals surface area contributed by atoms with Gasteiger partial charge in [0.15, 0.2) is 6.61 Å². The molecule has 0 heterocycles. The first-order chi connectivity index (χ1) is 16.2. The number of amides is 1. The molecule has 0 saturated heterocycles. The molecule has 8 heteroatoms. The lowest BCUT2D eigenvalue weighted by atomic mass is 10.1. The number of esters is 1. The van der Waals surface area contributed by atoms with E-state index in [1.807, 2.05) is 19.9 Å². The first-order valence-electron chi connectivity index (χ1n) is 10.6. The summed E-state index contributed by atoms with van der Waals surface area (Å²) in [7, 11) is 0. The van der Waals surface area contributed by atoms with Crippen molar-refractivity contribution in [3.05, 3.63) is 91.9 Å². The van der Waals surface area contributed by atoms with Crippen LogP contribution in [0.4, 0.5) is 5.69 Å². The Bertz CT molecular complexity index is 1150. The van der Waals surface area contributed by atoms with Gasteiger partial charge in [-0.1, -0.05) is 46.9 Å². The molecule has 0 fully saturated rings. The van der Waals surface area contributed by atoms with Crippen LogP contribution in [-0.4, -0.2) is 25.1 Å². The highest BCUT2D eigenvalue weighted by atomic mass is 35.5. The van der Waals surface area contributed by atoms with E-state index in [-0.39, 0.29) is 25.7 Å². The van der Waals surface area contributed by atoms with E-state index in [0.29, 0.717) is 37.6 Å². The quantitative estimate of drug-likeness (QED) is 0.299. The number of nitrogens with zero attached hydrogens (tertiary/aromatic N) is 1. The largest absolute Gasteiger partial charge is 0.482 e. The molecule has 34 heavy (non-hydrogen) atoms. The third-order valence-corrected chi connectivity index (χ3v) is 6.07. The van der Waals surface area contributed by atoms with Crippen molar-refractivity contribution >= 4 is 52.4 Å². The van der Waals surface area contributed by atoms with Gasteiger partial charge in [0.05, 0.1) is 23.7 Å². The number of halogens is 3. The summed E-state index contributed by atoms with van der Waals surface area (Å²) in [5.41, 5.74) is 3.35. The number of carbonyl (C=O) groups is 2. The summed E-state index contributed by atoms with van der Waals surface area (Å²) in [6, 6.07) is 15.4. The zero-order valence-electron chi connectivity index (χ0n) is 19.0. The Morgan fingerprint density at radius 3 is 2.15 bits per heavy atom. The molecule has 0 unspecified atom stereocenters. The van der Waals surface area contributed by atoms with Gasteiger partial charge >= 0.3 is 5.97 Å². The van der Waals surface area contributed by atoms with Crippen molar-refractivity contribution in [3.8, 4) is 5.75 Å².